The summed E-state index contributed by atoms with van der Waals surface area (Å²) >= 11 is 0. The van der Waals surface area contributed by atoms with E-state index in [0.717, 1.165) is 12.8 Å². The summed E-state index contributed by atoms with van der Waals surface area (Å²) in [5.41, 5.74) is 0.484. The van der Waals surface area contributed by atoms with Crippen molar-refractivity contribution in [2.45, 2.75) is 142 Å². The van der Waals surface area contributed by atoms with Crippen molar-refractivity contribution in [2.75, 3.05) is 0 Å². The third-order valence-electron chi connectivity index (χ3n) is 5.60. The van der Waals surface area contributed by atoms with Crippen molar-refractivity contribution in [3.05, 3.63) is 11.6 Å². The first-order valence-corrected chi connectivity index (χ1v) is 12.1. The van der Waals surface area contributed by atoms with Gasteiger partial charge in [0.2, 0.25) is 0 Å². The summed E-state index contributed by atoms with van der Waals surface area (Å²) in [6, 6.07) is 0. The molecule has 1 N–H and O–H groups in total. The molecule has 0 rings (SSSR count). The largest absolute Gasteiger partial charge is 0.478 e. The Kier molecular flexibility index (Phi) is 20.9. The van der Waals surface area contributed by atoms with Crippen LogP contribution in [0.4, 0.5) is 0 Å². The molecule has 0 aromatic rings. The second-order valence-electron chi connectivity index (χ2n) is 8.34. The molecule has 2 nitrogen and oxygen atoms in total. The molecule has 0 saturated heterocycles. The summed E-state index contributed by atoms with van der Waals surface area (Å²) in [5.74, 6) is -0.784. The molecule has 0 heterocycles. The normalized spacial score (nSPS) is 11.9. The number of carboxylic acid groups (broad SMARTS) is 1. The van der Waals surface area contributed by atoms with E-state index in [-0.39, 0.29) is 0 Å². The molecule has 0 aromatic carbocycles. The van der Waals surface area contributed by atoms with E-state index < -0.39 is 5.97 Å². The Labute approximate surface area is 170 Å². The van der Waals surface area contributed by atoms with Gasteiger partial charge in [-0.15, -0.1) is 0 Å². The molecule has 0 radical (unpaired) electrons. The first-order valence-electron chi connectivity index (χ1n) is 12.1. The number of hydrogen-bond acceptors (Lipinski definition) is 1. The van der Waals surface area contributed by atoms with Gasteiger partial charge in [-0.25, -0.2) is 4.79 Å². The monoisotopic (exact) mass is 380 g/mol. The van der Waals surface area contributed by atoms with Crippen LogP contribution in [0.25, 0.3) is 0 Å². The lowest BCUT2D eigenvalue weighted by molar-refractivity contribution is -0.132. The maximum absolute atomic E-state index is 10.7. The predicted octanol–water partition coefficient (Wildman–Crippen LogP) is 8.84. The van der Waals surface area contributed by atoms with Crippen LogP contribution < -0.4 is 0 Å². The van der Waals surface area contributed by atoms with Crippen molar-refractivity contribution >= 4 is 5.97 Å². The molecule has 0 aliphatic carbocycles. The van der Waals surface area contributed by atoms with Gasteiger partial charge in [-0.2, -0.15) is 0 Å². The predicted molar refractivity (Wildman–Crippen MR) is 119 cm³/mol. The molecular weight excluding hydrogens is 332 g/mol. The lowest BCUT2D eigenvalue weighted by atomic mass is 10.0. The van der Waals surface area contributed by atoms with E-state index in [1.807, 2.05) is 6.08 Å². The standard InChI is InChI=1S/C25H48O2/c1-3-4-5-6-7-8-9-10-11-12-13-14-15-16-17-18-19-20-21-22-23-24(2)25(26)27/h23H,3-22H2,1-2H3,(H,26,27)/b24-23+. The zero-order valence-electron chi connectivity index (χ0n) is 18.6. The summed E-state index contributed by atoms with van der Waals surface area (Å²) < 4.78 is 0. The number of rotatable bonds is 21. The Morgan fingerprint density at radius 2 is 0.889 bits per heavy atom. The molecular formula is C25H48O2. The van der Waals surface area contributed by atoms with Crippen molar-refractivity contribution in [3.8, 4) is 0 Å². The molecule has 0 aliphatic heterocycles. The third kappa shape index (κ3) is 21.4. The Bertz CT molecular complexity index is 346. The number of allylic oxidation sites excluding steroid dienone is 1. The van der Waals surface area contributed by atoms with Gasteiger partial charge in [-0.1, -0.05) is 129 Å². The van der Waals surface area contributed by atoms with Gasteiger partial charge >= 0.3 is 5.97 Å². The quantitative estimate of drug-likeness (QED) is 0.159. The van der Waals surface area contributed by atoms with E-state index in [1.165, 1.54) is 116 Å². The first kappa shape index (κ1) is 26.2. The van der Waals surface area contributed by atoms with Gasteiger partial charge in [0.05, 0.1) is 0 Å². The fourth-order valence-corrected chi connectivity index (χ4v) is 3.63. The summed E-state index contributed by atoms with van der Waals surface area (Å²) in [6.07, 6.45) is 29.2. The van der Waals surface area contributed by atoms with Crippen LogP contribution in [0.2, 0.25) is 0 Å². The molecule has 0 aliphatic rings. The highest BCUT2D eigenvalue weighted by Crippen LogP contribution is 2.15. The second-order valence-corrected chi connectivity index (χ2v) is 8.34. The Balaban J connectivity index is 3.09. The summed E-state index contributed by atoms with van der Waals surface area (Å²) in [6.45, 7) is 3.96. The van der Waals surface area contributed by atoms with Crippen molar-refractivity contribution in [1.29, 1.82) is 0 Å². The molecule has 2 heteroatoms. The minimum absolute atomic E-state index is 0.484. The Morgan fingerprint density at radius 3 is 1.19 bits per heavy atom. The molecule has 0 aromatic heterocycles. The first-order chi connectivity index (χ1) is 13.2. The van der Waals surface area contributed by atoms with E-state index in [9.17, 15) is 4.79 Å². The fraction of sp³-hybridized carbons (Fsp3) is 0.880. The van der Waals surface area contributed by atoms with Gasteiger partial charge in [0.1, 0.15) is 0 Å². The zero-order valence-corrected chi connectivity index (χ0v) is 18.6. The molecule has 0 atom stereocenters. The Morgan fingerprint density at radius 1 is 0.593 bits per heavy atom. The molecule has 0 amide bonds. The zero-order chi connectivity index (χ0) is 20.0. The molecule has 0 saturated carbocycles. The number of aliphatic carboxylic acids is 1. The highest BCUT2D eigenvalue weighted by Gasteiger charge is 1.98. The number of hydrogen-bond donors (Lipinski definition) is 1. The van der Waals surface area contributed by atoms with Gasteiger partial charge in [-0.3, -0.25) is 0 Å². The van der Waals surface area contributed by atoms with Crippen molar-refractivity contribution in [1.82, 2.24) is 0 Å². The van der Waals surface area contributed by atoms with Crippen molar-refractivity contribution < 1.29 is 9.90 Å². The lowest BCUT2D eigenvalue weighted by Gasteiger charge is -2.04. The second kappa shape index (κ2) is 21.5. The van der Waals surface area contributed by atoms with Crippen LogP contribution in [0.1, 0.15) is 142 Å². The van der Waals surface area contributed by atoms with Crippen LogP contribution >= 0.6 is 0 Å². The molecule has 0 bridgehead atoms. The molecule has 27 heavy (non-hydrogen) atoms. The average molecular weight is 381 g/mol. The molecule has 0 spiro atoms. The summed E-state index contributed by atoms with van der Waals surface area (Å²) in [5, 5.41) is 8.77. The maximum atomic E-state index is 10.7. The van der Waals surface area contributed by atoms with E-state index in [4.69, 9.17) is 5.11 Å². The van der Waals surface area contributed by atoms with Crippen LogP contribution in [-0.4, -0.2) is 11.1 Å². The highest BCUT2D eigenvalue weighted by molar-refractivity contribution is 5.85. The number of carboxylic acids is 1. The van der Waals surface area contributed by atoms with E-state index in [0.29, 0.717) is 5.57 Å². The van der Waals surface area contributed by atoms with Gasteiger partial charge in [0.25, 0.3) is 0 Å². The van der Waals surface area contributed by atoms with Crippen LogP contribution in [-0.2, 0) is 4.79 Å². The van der Waals surface area contributed by atoms with Gasteiger partial charge < -0.3 is 5.11 Å². The van der Waals surface area contributed by atoms with E-state index >= 15 is 0 Å². The minimum Gasteiger partial charge on any atom is -0.478 e. The SMILES string of the molecule is CCCCCCCCCCCCCCCCCCCCC/C=C(\C)C(=O)O. The van der Waals surface area contributed by atoms with Gasteiger partial charge in [-0.05, 0) is 19.8 Å². The van der Waals surface area contributed by atoms with Crippen molar-refractivity contribution in [2.24, 2.45) is 0 Å². The van der Waals surface area contributed by atoms with Crippen molar-refractivity contribution in [3.63, 3.8) is 0 Å². The van der Waals surface area contributed by atoms with Crippen LogP contribution in [0.3, 0.4) is 0 Å². The number of carbonyl (C=O) groups is 1. The summed E-state index contributed by atoms with van der Waals surface area (Å²) in [4.78, 5) is 10.7. The molecule has 160 valence electrons. The van der Waals surface area contributed by atoms with Gasteiger partial charge in [0, 0.05) is 5.57 Å². The average Bonchev–Trinajstić information content (AvgIpc) is 2.66. The minimum atomic E-state index is -0.784. The van der Waals surface area contributed by atoms with Crippen LogP contribution in [0.15, 0.2) is 11.6 Å². The fourth-order valence-electron chi connectivity index (χ4n) is 3.63. The smallest absolute Gasteiger partial charge is 0.330 e. The lowest BCUT2D eigenvalue weighted by Crippen LogP contribution is -1.95. The molecule has 0 unspecified atom stereocenters. The van der Waals surface area contributed by atoms with E-state index in [1.54, 1.807) is 6.92 Å². The number of unbranched alkanes of at least 4 members (excludes halogenated alkanes) is 19. The van der Waals surface area contributed by atoms with Gasteiger partial charge in [0.15, 0.2) is 0 Å². The maximum Gasteiger partial charge on any atom is 0.330 e. The third-order valence-corrected chi connectivity index (χ3v) is 5.60. The highest BCUT2D eigenvalue weighted by atomic mass is 16.4. The summed E-state index contributed by atoms with van der Waals surface area (Å²) in [7, 11) is 0. The van der Waals surface area contributed by atoms with Crippen LogP contribution in [0, 0.1) is 0 Å². The topological polar surface area (TPSA) is 37.3 Å². The van der Waals surface area contributed by atoms with E-state index in [2.05, 4.69) is 6.92 Å². The molecule has 0 fully saturated rings. The Hall–Kier alpha value is -0.790. The van der Waals surface area contributed by atoms with Crippen LogP contribution in [0.5, 0.6) is 0 Å².